The Labute approximate surface area is 179 Å². The van der Waals surface area contributed by atoms with E-state index in [9.17, 15) is 14.4 Å². The number of carbonyl (C=O) groups excluding carboxylic acids is 3. The largest absolute Gasteiger partial charge is 0.465 e. The number of amides is 1. The Kier molecular flexibility index (Phi) is 7.05. The third kappa shape index (κ3) is 5.04. The van der Waals surface area contributed by atoms with Crippen molar-refractivity contribution in [3.05, 3.63) is 56.7 Å². The van der Waals surface area contributed by atoms with Crippen molar-refractivity contribution in [3.8, 4) is 0 Å². The number of piperazine rings is 1. The van der Waals surface area contributed by atoms with Crippen LogP contribution in [0, 0.1) is 0 Å². The number of ether oxygens (including phenoxy) is 1. The molecule has 1 amide bonds. The van der Waals surface area contributed by atoms with Crippen LogP contribution < -0.4 is 0 Å². The highest BCUT2D eigenvalue weighted by Crippen LogP contribution is 2.26. The second-order valence-corrected chi connectivity index (χ2v) is 8.27. The molecule has 0 saturated carbocycles. The molecule has 0 N–H and O–H groups in total. The predicted molar refractivity (Wildman–Crippen MR) is 113 cm³/mol. The van der Waals surface area contributed by atoms with E-state index in [0.717, 1.165) is 5.56 Å². The van der Waals surface area contributed by atoms with Gasteiger partial charge in [-0.1, -0.05) is 23.7 Å². The summed E-state index contributed by atoms with van der Waals surface area (Å²) < 4.78 is 5.29. The highest BCUT2D eigenvalue weighted by atomic mass is 35.5. The predicted octanol–water partition coefficient (Wildman–Crippen LogP) is 3.67. The van der Waals surface area contributed by atoms with Gasteiger partial charge in [0.1, 0.15) is 6.04 Å². The summed E-state index contributed by atoms with van der Waals surface area (Å²) in [6, 6.07) is 10.0. The summed E-state index contributed by atoms with van der Waals surface area (Å²) in [7, 11) is 0. The molecule has 1 aliphatic rings. The second kappa shape index (κ2) is 9.52. The van der Waals surface area contributed by atoms with Gasteiger partial charge in [-0.3, -0.25) is 14.5 Å². The first-order chi connectivity index (χ1) is 13.9. The van der Waals surface area contributed by atoms with E-state index in [4.69, 9.17) is 16.3 Å². The first-order valence-electron chi connectivity index (χ1n) is 9.47. The highest BCUT2D eigenvalue weighted by Gasteiger charge is 2.33. The first kappa shape index (κ1) is 21.5. The Hall–Kier alpha value is -2.22. The smallest absolute Gasteiger partial charge is 0.328 e. The molecule has 2 aromatic rings. The summed E-state index contributed by atoms with van der Waals surface area (Å²) in [5.41, 5.74) is 0.817. The van der Waals surface area contributed by atoms with Gasteiger partial charge in [-0.25, -0.2) is 4.79 Å². The lowest BCUT2D eigenvalue weighted by atomic mass is 10.0. The van der Waals surface area contributed by atoms with Crippen LogP contribution in [0.3, 0.4) is 0 Å². The van der Waals surface area contributed by atoms with Gasteiger partial charge >= 0.3 is 5.97 Å². The number of Topliss-reactive ketones (excluding diaryl/α,β-unsaturated/α-hetero) is 1. The van der Waals surface area contributed by atoms with E-state index < -0.39 is 6.04 Å². The first-order valence-corrected chi connectivity index (χ1v) is 10.7. The molecule has 3 rings (SSSR count). The van der Waals surface area contributed by atoms with Crippen LogP contribution in [-0.2, 0) is 9.53 Å². The maximum Gasteiger partial charge on any atom is 0.328 e. The minimum Gasteiger partial charge on any atom is -0.465 e. The van der Waals surface area contributed by atoms with E-state index >= 15 is 0 Å². The SMILES string of the molecule is CCOC(=O)[C@@H](c1ccc(Cl)cc1)N1CCN(C(=O)c2ccc(C(C)=O)s2)CC1. The van der Waals surface area contributed by atoms with E-state index in [-0.39, 0.29) is 17.7 Å². The van der Waals surface area contributed by atoms with Crippen LogP contribution >= 0.6 is 22.9 Å². The second-order valence-electron chi connectivity index (χ2n) is 6.75. The van der Waals surface area contributed by atoms with Crippen LogP contribution in [0.4, 0.5) is 0 Å². The molecule has 1 aromatic carbocycles. The van der Waals surface area contributed by atoms with Crippen molar-refractivity contribution in [1.29, 1.82) is 0 Å². The van der Waals surface area contributed by atoms with Gasteiger partial charge in [-0.15, -0.1) is 11.3 Å². The molecule has 0 aliphatic carbocycles. The van der Waals surface area contributed by atoms with Crippen molar-refractivity contribution >= 4 is 40.6 Å². The Morgan fingerprint density at radius 1 is 1.03 bits per heavy atom. The summed E-state index contributed by atoms with van der Waals surface area (Å²) in [5, 5.41) is 0.604. The minimum atomic E-state index is -0.532. The Bertz CT molecular complexity index is 888. The average Bonchev–Trinajstić information content (AvgIpc) is 3.20. The summed E-state index contributed by atoms with van der Waals surface area (Å²) in [6.45, 7) is 5.66. The molecule has 29 heavy (non-hydrogen) atoms. The topological polar surface area (TPSA) is 66.9 Å². The molecule has 0 spiro atoms. The van der Waals surface area contributed by atoms with E-state index in [1.54, 1.807) is 36.1 Å². The fourth-order valence-corrected chi connectivity index (χ4v) is 4.34. The Balaban J connectivity index is 1.70. The number of thiophene rings is 1. The van der Waals surface area contributed by atoms with Crippen molar-refractivity contribution in [2.24, 2.45) is 0 Å². The zero-order chi connectivity index (χ0) is 21.0. The number of ketones is 1. The lowest BCUT2D eigenvalue weighted by Gasteiger charge is -2.38. The molecule has 1 atom stereocenters. The number of carbonyl (C=O) groups is 3. The van der Waals surface area contributed by atoms with E-state index in [1.165, 1.54) is 18.3 Å². The fourth-order valence-electron chi connectivity index (χ4n) is 3.34. The monoisotopic (exact) mass is 434 g/mol. The number of hydrogen-bond acceptors (Lipinski definition) is 6. The molecule has 1 fully saturated rings. The zero-order valence-corrected chi connectivity index (χ0v) is 18.0. The number of esters is 1. The summed E-state index contributed by atoms with van der Waals surface area (Å²) >= 11 is 7.20. The van der Waals surface area contributed by atoms with E-state index in [2.05, 4.69) is 0 Å². The molecular weight excluding hydrogens is 412 g/mol. The standard InChI is InChI=1S/C21H23ClN2O4S/c1-3-28-21(27)19(15-4-6-16(22)7-5-15)23-10-12-24(13-11-23)20(26)18-9-8-17(29-18)14(2)25/h4-9,19H,3,10-13H2,1-2H3/t19-/m1/s1. The van der Waals surface area contributed by atoms with Gasteiger partial charge in [0.25, 0.3) is 5.91 Å². The summed E-state index contributed by atoms with van der Waals surface area (Å²) in [5.74, 6) is -0.431. The van der Waals surface area contributed by atoms with Crippen molar-refractivity contribution in [2.45, 2.75) is 19.9 Å². The fraction of sp³-hybridized carbons (Fsp3) is 0.381. The van der Waals surface area contributed by atoms with Crippen molar-refractivity contribution < 1.29 is 19.1 Å². The van der Waals surface area contributed by atoms with Gasteiger partial charge in [-0.2, -0.15) is 0 Å². The van der Waals surface area contributed by atoms with Crippen LogP contribution in [0.2, 0.25) is 5.02 Å². The molecule has 1 aromatic heterocycles. The van der Waals surface area contributed by atoms with Gasteiger partial charge < -0.3 is 9.64 Å². The number of rotatable bonds is 6. The Morgan fingerprint density at radius 2 is 1.66 bits per heavy atom. The van der Waals surface area contributed by atoms with Crippen LogP contribution in [0.5, 0.6) is 0 Å². The number of hydrogen-bond donors (Lipinski definition) is 0. The summed E-state index contributed by atoms with van der Waals surface area (Å²) in [4.78, 5) is 41.8. The van der Waals surface area contributed by atoms with Crippen LogP contribution in [-0.4, -0.2) is 60.2 Å². The normalized spacial score (nSPS) is 15.8. The number of halogens is 1. The molecule has 1 saturated heterocycles. The highest BCUT2D eigenvalue weighted by molar-refractivity contribution is 7.15. The van der Waals surface area contributed by atoms with E-state index in [0.29, 0.717) is 47.6 Å². The molecule has 0 bridgehead atoms. The van der Waals surface area contributed by atoms with Gasteiger partial charge in [-0.05, 0) is 43.7 Å². The molecule has 8 heteroatoms. The maximum absolute atomic E-state index is 12.8. The van der Waals surface area contributed by atoms with Gasteiger partial charge in [0.05, 0.1) is 16.4 Å². The molecule has 0 unspecified atom stereocenters. The molecule has 0 radical (unpaired) electrons. The average molecular weight is 435 g/mol. The lowest BCUT2D eigenvalue weighted by Crippen LogP contribution is -2.51. The van der Waals surface area contributed by atoms with E-state index in [1.807, 2.05) is 17.0 Å². The molecule has 6 nitrogen and oxygen atoms in total. The van der Waals surface area contributed by atoms with Crippen molar-refractivity contribution in [1.82, 2.24) is 9.80 Å². The molecule has 154 valence electrons. The summed E-state index contributed by atoms with van der Waals surface area (Å²) in [6.07, 6.45) is 0. The third-order valence-corrected chi connectivity index (χ3v) is 6.25. The Morgan fingerprint density at radius 3 is 2.21 bits per heavy atom. The van der Waals surface area contributed by atoms with Gasteiger partial charge in [0.15, 0.2) is 5.78 Å². The minimum absolute atomic E-state index is 0.0425. The van der Waals surface area contributed by atoms with Crippen molar-refractivity contribution in [3.63, 3.8) is 0 Å². The maximum atomic E-state index is 12.8. The molecule has 2 heterocycles. The molecular formula is C21H23ClN2O4S. The van der Waals surface area contributed by atoms with Gasteiger partial charge in [0, 0.05) is 31.2 Å². The van der Waals surface area contributed by atoms with Gasteiger partial charge in [0.2, 0.25) is 0 Å². The van der Waals surface area contributed by atoms with Crippen LogP contribution in [0.25, 0.3) is 0 Å². The number of benzene rings is 1. The van der Waals surface area contributed by atoms with Crippen LogP contribution in [0.15, 0.2) is 36.4 Å². The zero-order valence-electron chi connectivity index (χ0n) is 16.4. The number of nitrogens with zero attached hydrogens (tertiary/aromatic N) is 2. The van der Waals surface area contributed by atoms with Crippen molar-refractivity contribution in [2.75, 3.05) is 32.8 Å². The lowest BCUT2D eigenvalue weighted by molar-refractivity contribution is -0.150. The quantitative estimate of drug-likeness (QED) is 0.512. The van der Waals surface area contributed by atoms with Crippen LogP contribution in [0.1, 0.15) is 44.8 Å². The third-order valence-electron chi connectivity index (χ3n) is 4.83. The molecule has 1 aliphatic heterocycles.